The molecular weight excluding hydrogens is 433 g/mol. The number of anilines is 1. The van der Waals surface area contributed by atoms with Gasteiger partial charge >= 0.3 is 6.18 Å². The molecule has 0 atom stereocenters. The van der Waals surface area contributed by atoms with Crippen LogP contribution in [0.1, 0.15) is 27.4 Å². The van der Waals surface area contributed by atoms with Crippen LogP contribution in [0.2, 0.25) is 0 Å². The van der Waals surface area contributed by atoms with Crippen LogP contribution in [0.5, 0.6) is 5.75 Å². The number of aryl methyl sites for hydroxylation is 1. The van der Waals surface area contributed by atoms with Gasteiger partial charge in [0.05, 0.1) is 29.1 Å². The van der Waals surface area contributed by atoms with Gasteiger partial charge in [0.1, 0.15) is 11.4 Å². The second kappa shape index (κ2) is 8.93. The van der Waals surface area contributed by atoms with Crippen molar-refractivity contribution >= 4 is 22.5 Å². The Morgan fingerprint density at radius 1 is 1.06 bits per heavy atom. The predicted molar refractivity (Wildman–Crippen MR) is 118 cm³/mol. The van der Waals surface area contributed by atoms with Crippen LogP contribution in [0.15, 0.2) is 60.7 Å². The fourth-order valence-corrected chi connectivity index (χ4v) is 3.50. The molecule has 0 aliphatic rings. The summed E-state index contributed by atoms with van der Waals surface area (Å²) < 4.78 is 44.9. The van der Waals surface area contributed by atoms with Gasteiger partial charge in [-0.1, -0.05) is 42.5 Å². The van der Waals surface area contributed by atoms with Crippen molar-refractivity contribution in [3.8, 4) is 5.75 Å². The molecule has 1 N–H and O–H groups in total. The minimum absolute atomic E-state index is 0.0551. The van der Waals surface area contributed by atoms with Gasteiger partial charge in [-0.05, 0) is 31.5 Å². The third-order valence-corrected chi connectivity index (χ3v) is 5.10. The Morgan fingerprint density at radius 2 is 1.76 bits per heavy atom. The Kier molecular flexibility index (Phi) is 6.04. The maximum Gasteiger partial charge on any atom is 0.422 e. The van der Waals surface area contributed by atoms with Gasteiger partial charge in [0.25, 0.3) is 5.91 Å². The number of carbonyl (C=O) groups excluding carboxylic acids is 1. The number of hydrogen-bond donors (Lipinski definition) is 1. The lowest BCUT2D eigenvalue weighted by molar-refractivity contribution is -0.153. The first-order valence-corrected chi connectivity index (χ1v) is 10.2. The monoisotopic (exact) mass is 454 g/mol. The first-order chi connectivity index (χ1) is 15.7. The number of nitrogens with zero attached hydrogens (tertiary/aromatic N) is 3. The molecule has 0 saturated carbocycles. The molecule has 9 heteroatoms. The van der Waals surface area contributed by atoms with E-state index in [4.69, 9.17) is 4.74 Å². The number of aromatic nitrogens is 3. The number of nitrogens with one attached hydrogen (secondary N) is 1. The molecule has 0 saturated heterocycles. The van der Waals surface area contributed by atoms with Crippen molar-refractivity contribution in [1.29, 1.82) is 0 Å². The average Bonchev–Trinajstić information content (AvgIpc) is 3.04. The third-order valence-electron chi connectivity index (χ3n) is 5.10. The van der Waals surface area contributed by atoms with E-state index < -0.39 is 18.7 Å². The van der Waals surface area contributed by atoms with E-state index in [2.05, 4.69) is 15.4 Å². The van der Waals surface area contributed by atoms with E-state index >= 15 is 0 Å². The van der Waals surface area contributed by atoms with Gasteiger partial charge in [-0.3, -0.25) is 9.48 Å². The second-order valence-electron chi connectivity index (χ2n) is 7.57. The molecule has 33 heavy (non-hydrogen) atoms. The third kappa shape index (κ3) is 5.14. The molecule has 2 heterocycles. The van der Waals surface area contributed by atoms with Crippen molar-refractivity contribution in [2.45, 2.75) is 26.6 Å². The SMILES string of the molecule is Cc1nn(Cc2ccccc2)c(C)c1NC(=O)c1cc(OCC(F)(F)F)c2ccccc2n1. The van der Waals surface area contributed by atoms with E-state index in [1.807, 2.05) is 37.3 Å². The summed E-state index contributed by atoms with van der Waals surface area (Å²) in [5, 5.41) is 7.70. The fraction of sp³-hybridized carbons (Fsp3) is 0.208. The van der Waals surface area contributed by atoms with Crippen molar-refractivity contribution in [3.05, 3.63) is 83.3 Å². The largest absolute Gasteiger partial charge is 0.483 e. The Morgan fingerprint density at radius 3 is 2.48 bits per heavy atom. The Bertz CT molecular complexity index is 1300. The molecule has 0 spiro atoms. The summed E-state index contributed by atoms with van der Waals surface area (Å²) in [4.78, 5) is 17.3. The number of amides is 1. The zero-order valence-electron chi connectivity index (χ0n) is 18.0. The van der Waals surface area contributed by atoms with Gasteiger partial charge in [0.15, 0.2) is 6.61 Å². The normalized spacial score (nSPS) is 11.5. The van der Waals surface area contributed by atoms with Crippen LogP contribution in [-0.2, 0) is 6.54 Å². The minimum atomic E-state index is -4.51. The molecule has 170 valence electrons. The first-order valence-electron chi connectivity index (χ1n) is 10.2. The Labute approximate surface area is 188 Å². The van der Waals surface area contributed by atoms with Crippen LogP contribution in [0.3, 0.4) is 0 Å². The fourth-order valence-electron chi connectivity index (χ4n) is 3.50. The highest BCUT2D eigenvalue weighted by Gasteiger charge is 2.29. The number of alkyl halides is 3. The standard InChI is InChI=1S/C24H21F3N4O2/c1-15-22(16(2)31(30-15)13-17-8-4-3-5-9-17)29-23(32)20-12-21(33-14-24(25,26)27)18-10-6-7-11-19(18)28-20/h3-12H,13-14H2,1-2H3,(H,29,32). The van der Waals surface area contributed by atoms with Gasteiger partial charge in [0.2, 0.25) is 0 Å². The number of halogens is 3. The smallest absolute Gasteiger partial charge is 0.422 e. The summed E-state index contributed by atoms with van der Waals surface area (Å²) in [5.41, 5.74) is 3.26. The van der Waals surface area contributed by atoms with Crippen LogP contribution in [0.4, 0.5) is 18.9 Å². The molecule has 0 aliphatic carbocycles. The zero-order chi connectivity index (χ0) is 23.6. The molecular formula is C24H21F3N4O2. The van der Waals surface area contributed by atoms with Crippen LogP contribution in [-0.4, -0.2) is 33.5 Å². The van der Waals surface area contributed by atoms with Crippen LogP contribution < -0.4 is 10.1 Å². The molecule has 0 fully saturated rings. The number of ether oxygens (including phenoxy) is 1. The number of carbonyl (C=O) groups is 1. The lowest BCUT2D eigenvalue weighted by Gasteiger charge is -2.13. The zero-order valence-corrected chi connectivity index (χ0v) is 18.0. The van der Waals surface area contributed by atoms with Gasteiger partial charge in [-0.15, -0.1) is 0 Å². The van der Waals surface area contributed by atoms with Gasteiger partial charge in [-0.2, -0.15) is 18.3 Å². The molecule has 6 nitrogen and oxygen atoms in total. The lowest BCUT2D eigenvalue weighted by Crippen LogP contribution is -2.20. The highest BCUT2D eigenvalue weighted by Crippen LogP contribution is 2.28. The molecule has 4 aromatic rings. The molecule has 2 aromatic heterocycles. The number of para-hydroxylation sites is 1. The molecule has 0 aliphatic heterocycles. The average molecular weight is 454 g/mol. The van der Waals surface area contributed by atoms with E-state index in [1.165, 1.54) is 6.07 Å². The summed E-state index contributed by atoms with van der Waals surface area (Å²) in [7, 11) is 0. The molecule has 0 unspecified atom stereocenters. The van der Waals surface area contributed by atoms with Gasteiger partial charge < -0.3 is 10.1 Å². The maximum atomic E-state index is 13.0. The highest BCUT2D eigenvalue weighted by atomic mass is 19.4. The number of benzene rings is 2. The van der Waals surface area contributed by atoms with E-state index in [1.54, 1.807) is 35.9 Å². The summed E-state index contributed by atoms with van der Waals surface area (Å²) >= 11 is 0. The van der Waals surface area contributed by atoms with E-state index in [0.29, 0.717) is 28.8 Å². The number of pyridine rings is 1. The minimum Gasteiger partial charge on any atom is -0.483 e. The number of rotatable bonds is 6. The van der Waals surface area contributed by atoms with Crippen molar-refractivity contribution in [2.24, 2.45) is 0 Å². The summed E-state index contributed by atoms with van der Waals surface area (Å²) in [6.45, 7) is 2.68. The van der Waals surface area contributed by atoms with E-state index in [-0.39, 0.29) is 11.4 Å². The highest BCUT2D eigenvalue weighted by molar-refractivity contribution is 6.05. The molecule has 4 rings (SSSR count). The second-order valence-corrected chi connectivity index (χ2v) is 7.57. The molecule has 2 aromatic carbocycles. The van der Waals surface area contributed by atoms with Crippen molar-refractivity contribution < 1.29 is 22.7 Å². The maximum absolute atomic E-state index is 13.0. The molecule has 0 radical (unpaired) electrons. The Balaban J connectivity index is 1.62. The Hall–Kier alpha value is -3.88. The van der Waals surface area contributed by atoms with Gasteiger partial charge in [-0.25, -0.2) is 4.98 Å². The van der Waals surface area contributed by atoms with E-state index in [9.17, 15) is 18.0 Å². The van der Waals surface area contributed by atoms with Crippen molar-refractivity contribution in [2.75, 3.05) is 11.9 Å². The first kappa shape index (κ1) is 22.3. The van der Waals surface area contributed by atoms with Gasteiger partial charge in [0, 0.05) is 11.5 Å². The summed E-state index contributed by atoms with van der Waals surface area (Å²) in [5.74, 6) is -0.626. The number of hydrogen-bond acceptors (Lipinski definition) is 4. The van der Waals surface area contributed by atoms with Crippen molar-refractivity contribution in [3.63, 3.8) is 0 Å². The quantitative estimate of drug-likeness (QED) is 0.430. The van der Waals surface area contributed by atoms with Crippen LogP contribution >= 0.6 is 0 Å². The summed E-state index contributed by atoms with van der Waals surface area (Å²) in [6, 6.07) is 17.6. The summed E-state index contributed by atoms with van der Waals surface area (Å²) in [6.07, 6.45) is -4.51. The number of fused-ring (bicyclic) bond motifs is 1. The predicted octanol–water partition coefficient (Wildman–Crippen LogP) is 5.29. The molecule has 1 amide bonds. The van der Waals surface area contributed by atoms with E-state index in [0.717, 1.165) is 11.3 Å². The van der Waals surface area contributed by atoms with Crippen molar-refractivity contribution in [1.82, 2.24) is 14.8 Å². The lowest BCUT2D eigenvalue weighted by atomic mass is 10.1. The van der Waals surface area contributed by atoms with Crippen LogP contribution in [0, 0.1) is 13.8 Å². The topological polar surface area (TPSA) is 69.0 Å². The molecule has 0 bridgehead atoms. The van der Waals surface area contributed by atoms with Crippen LogP contribution in [0.25, 0.3) is 10.9 Å².